The second-order valence-electron chi connectivity index (χ2n) is 5.66. The normalized spacial score (nSPS) is 20.8. The van der Waals surface area contributed by atoms with Crippen molar-refractivity contribution in [3.05, 3.63) is 6.33 Å². The van der Waals surface area contributed by atoms with Crippen LogP contribution in [0.2, 0.25) is 0 Å². The Bertz CT molecular complexity index is 804. The minimum atomic E-state index is -3.56. The number of phosphoric ester groups is 1. The van der Waals surface area contributed by atoms with E-state index in [1.165, 1.54) is 0 Å². The van der Waals surface area contributed by atoms with E-state index in [1.807, 2.05) is 0 Å². The minimum Gasteiger partial charge on any atom is -0.382 e. The smallest absolute Gasteiger partial charge is 0.382 e. The molecule has 1 saturated heterocycles. The van der Waals surface area contributed by atoms with Crippen LogP contribution in [0.1, 0.15) is 32.9 Å². The summed E-state index contributed by atoms with van der Waals surface area (Å²) in [6.45, 7) is 4.00. The average Bonchev–Trinajstić information content (AvgIpc) is 3.20. The topological polar surface area (TPSA) is 150 Å². The van der Waals surface area contributed by atoms with Crippen LogP contribution in [0.25, 0.3) is 11.2 Å². The fraction of sp³-hybridized carbons (Fsp3) is 0.643. The van der Waals surface area contributed by atoms with E-state index in [1.54, 1.807) is 24.7 Å². The number of ether oxygens (including phenoxy) is 1. The SMILES string of the molecule is CCOP(=O)(OCC)OC[C@H]1CC[C@@H](n2cnc3c(N)nc(N)nc32)O1. The summed E-state index contributed by atoms with van der Waals surface area (Å²) in [6.07, 6.45) is 2.44. The molecule has 3 rings (SSSR count). The van der Waals surface area contributed by atoms with Crippen LogP contribution in [-0.2, 0) is 22.9 Å². The summed E-state index contributed by atoms with van der Waals surface area (Å²) in [7, 11) is -3.56. The molecule has 2 atom stereocenters. The number of fused-ring (bicyclic) bond motifs is 1. The van der Waals surface area contributed by atoms with E-state index < -0.39 is 7.82 Å². The van der Waals surface area contributed by atoms with Crippen molar-refractivity contribution in [2.75, 3.05) is 31.3 Å². The van der Waals surface area contributed by atoms with Crippen molar-refractivity contribution in [3.8, 4) is 0 Å². The average molecular weight is 386 g/mol. The van der Waals surface area contributed by atoms with E-state index in [9.17, 15) is 4.57 Å². The Morgan fingerprint density at radius 1 is 1.23 bits per heavy atom. The fourth-order valence-corrected chi connectivity index (χ4v) is 3.99. The lowest BCUT2D eigenvalue weighted by atomic mass is 10.2. The number of nitrogens with zero attached hydrogens (tertiary/aromatic N) is 4. The van der Waals surface area contributed by atoms with Crippen molar-refractivity contribution in [1.29, 1.82) is 0 Å². The molecular weight excluding hydrogens is 363 g/mol. The Kier molecular flexibility index (Phi) is 5.73. The van der Waals surface area contributed by atoms with Crippen molar-refractivity contribution >= 4 is 30.8 Å². The number of hydrogen-bond acceptors (Lipinski definition) is 10. The molecule has 1 aliphatic rings. The number of aromatic nitrogens is 4. The number of phosphoric acid groups is 1. The van der Waals surface area contributed by atoms with Gasteiger partial charge in [0.2, 0.25) is 5.95 Å². The molecule has 11 nitrogen and oxygen atoms in total. The van der Waals surface area contributed by atoms with Crippen molar-refractivity contribution in [2.24, 2.45) is 0 Å². The molecule has 0 spiro atoms. The summed E-state index contributed by atoms with van der Waals surface area (Å²) in [5.74, 6) is 0.294. The van der Waals surface area contributed by atoms with E-state index in [4.69, 9.17) is 29.8 Å². The molecule has 1 fully saturated rings. The molecule has 2 aromatic rings. The maximum absolute atomic E-state index is 12.3. The van der Waals surface area contributed by atoms with E-state index in [0.29, 0.717) is 24.0 Å². The second-order valence-corrected chi connectivity index (χ2v) is 7.33. The summed E-state index contributed by atoms with van der Waals surface area (Å²) < 4.78 is 35.7. The molecule has 1 aliphatic heterocycles. The summed E-state index contributed by atoms with van der Waals surface area (Å²) in [5, 5.41) is 0. The number of rotatable bonds is 8. The third-order valence-electron chi connectivity index (χ3n) is 3.85. The minimum absolute atomic E-state index is 0.0731. The molecule has 12 heteroatoms. The predicted molar refractivity (Wildman–Crippen MR) is 94.1 cm³/mol. The zero-order valence-electron chi connectivity index (χ0n) is 14.7. The summed E-state index contributed by atoms with van der Waals surface area (Å²) in [6, 6.07) is 0. The molecule has 0 unspecified atom stereocenters. The Balaban J connectivity index is 1.67. The molecule has 144 valence electrons. The summed E-state index contributed by atoms with van der Waals surface area (Å²) >= 11 is 0. The van der Waals surface area contributed by atoms with Gasteiger partial charge in [-0.15, -0.1) is 0 Å². The van der Waals surface area contributed by atoms with Gasteiger partial charge in [0.15, 0.2) is 11.5 Å². The predicted octanol–water partition coefficient (Wildman–Crippen LogP) is 1.87. The molecule has 4 N–H and O–H groups in total. The molecule has 0 bridgehead atoms. The zero-order chi connectivity index (χ0) is 18.7. The quantitative estimate of drug-likeness (QED) is 0.643. The standard InChI is InChI=1S/C14H23N6O5P/c1-3-22-26(21,23-4-2)24-7-9-5-6-10(25-9)20-8-17-11-12(15)18-14(16)19-13(11)20/h8-10H,3-7H2,1-2H3,(H4,15,16,18,19)/t9-,10+/m1/s1. The first kappa shape index (κ1) is 19.0. The highest BCUT2D eigenvalue weighted by Crippen LogP contribution is 2.49. The lowest BCUT2D eigenvalue weighted by molar-refractivity contribution is -0.0239. The molecule has 0 aromatic carbocycles. The second kappa shape index (κ2) is 7.85. The van der Waals surface area contributed by atoms with E-state index in [-0.39, 0.29) is 43.9 Å². The van der Waals surface area contributed by atoms with Gasteiger partial charge in [-0.05, 0) is 26.7 Å². The van der Waals surface area contributed by atoms with Crippen LogP contribution in [0.5, 0.6) is 0 Å². The number of nitrogen functional groups attached to an aromatic ring is 2. The van der Waals surface area contributed by atoms with Gasteiger partial charge in [0.05, 0.1) is 32.3 Å². The van der Waals surface area contributed by atoms with Crippen LogP contribution in [0, 0.1) is 0 Å². The van der Waals surface area contributed by atoms with E-state index in [0.717, 1.165) is 0 Å². The van der Waals surface area contributed by atoms with Gasteiger partial charge in [-0.1, -0.05) is 0 Å². The molecule has 0 radical (unpaired) electrons. The van der Waals surface area contributed by atoms with Crippen molar-refractivity contribution < 1.29 is 22.9 Å². The number of nitrogens with two attached hydrogens (primary N) is 2. The Morgan fingerprint density at radius 2 is 1.96 bits per heavy atom. The van der Waals surface area contributed by atoms with Gasteiger partial charge < -0.3 is 16.2 Å². The van der Waals surface area contributed by atoms with Crippen molar-refractivity contribution in [2.45, 2.75) is 39.0 Å². The summed E-state index contributed by atoms with van der Waals surface area (Å²) in [5.41, 5.74) is 12.5. The molecule has 0 amide bonds. The van der Waals surface area contributed by atoms with E-state index >= 15 is 0 Å². The maximum atomic E-state index is 12.3. The molecule has 3 heterocycles. The van der Waals surface area contributed by atoms with Crippen molar-refractivity contribution in [3.63, 3.8) is 0 Å². The van der Waals surface area contributed by atoms with Gasteiger partial charge in [-0.3, -0.25) is 18.1 Å². The van der Waals surface area contributed by atoms with Gasteiger partial charge in [0.1, 0.15) is 11.7 Å². The summed E-state index contributed by atoms with van der Waals surface area (Å²) in [4.78, 5) is 12.3. The van der Waals surface area contributed by atoms with Gasteiger partial charge in [-0.2, -0.15) is 9.97 Å². The third-order valence-corrected chi connectivity index (χ3v) is 5.47. The Labute approximate surface area is 150 Å². The maximum Gasteiger partial charge on any atom is 0.474 e. The number of anilines is 2. The van der Waals surface area contributed by atoms with E-state index in [2.05, 4.69) is 15.0 Å². The highest BCUT2D eigenvalue weighted by molar-refractivity contribution is 7.48. The van der Waals surface area contributed by atoms with Gasteiger partial charge >= 0.3 is 7.82 Å². The van der Waals surface area contributed by atoms with Crippen LogP contribution in [0.3, 0.4) is 0 Å². The van der Waals surface area contributed by atoms with Crippen LogP contribution < -0.4 is 11.5 Å². The Hall–Kier alpha value is -1.78. The van der Waals surface area contributed by atoms with Crippen LogP contribution >= 0.6 is 7.82 Å². The van der Waals surface area contributed by atoms with Crippen LogP contribution in [-0.4, -0.2) is 45.4 Å². The fourth-order valence-electron chi connectivity index (χ4n) is 2.78. The van der Waals surface area contributed by atoms with Crippen LogP contribution in [0.4, 0.5) is 11.8 Å². The monoisotopic (exact) mass is 386 g/mol. The molecule has 26 heavy (non-hydrogen) atoms. The first-order valence-electron chi connectivity index (χ1n) is 8.40. The number of hydrogen-bond donors (Lipinski definition) is 2. The number of imidazole rings is 1. The zero-order valence-corrected chi connectivity index (χ0v) is 15.6. The molecule has 2 aromatic heterocycles. The van der Waals surface area contributed by atoms with Gasteiger partial charge in [-0.25, -0.2) is 9.55 Å². The largest absolute Gasteiger partial charge is 0.474 e. The lowest BCUT2D eigenvalue weighted by Crippen LogP contribution is -2.17. The van der Waals surface area contributed by atoms with Crippen LogP contribution in [0.15, 0.2) is 6.33 Å². The first-order chi connectivity index (χ1) is 12.5. The van der Waals surface area contributed by atoms with Gasteiger partial charge in [0.25, 0.3) is 0 Å². The molecule has 0 aliphatic carbocycles. The molecule has 0 saturated carbocycles. The highest BCUT2D eigenvalue weighted by Gasteiger charge is 2.32. The van der Waals surface area contributed by atoms with Gasteiger partial charge in [0, 0.05) is 0 Å². The highest BCUT2D eigenvalue weighted by atomic mass is 31.2. The first-order valence-corrected chi connectivity index (χ1v) is 9.86. The molecular formula is C14H23N6O5P. The third kappa shape index (κ3) is 3.97. The Morgan fingerprint density at radius 3 is 2.65 bits per heavy atom. The lowest BCUT2D eigenvalue weighted by Gasteiger charge is -2.19. The van der Waals surface area contributed by atoms with Crippen molar-refractivity contribution in [1.82, 2.24) is 19.5 Å².